The molecule has 4 nitrogen and oxygen atoms in total. The molecule has 2 aromatic rings. The highest BCUT2D eigenvalue weighted by Crippen LogP contribution is 2.19. The second-order valence-electron chi connectivity index (χ2n) is 5.64. The zero-order valence-electron chi connectivity index (χ0n) is 12.3. The lowest BCUT2D eigenvalue weighted by Gasteiger charge is -2.22. The van der Waals surface area contributed by atoms with Gasteiger partial charge in [-0.05, 0) is 74.5 Å². The van der Waals surface area contributed by atoms with Crippen molar-refractivity contribution in [3.8, 4) is 0 Å². The van der Waals surface area contributed by atoms with Crippen molar-refractivity contribution in [1.82, 2.24) is 15.3 Å². The lowest BCUT2D eigenvalue weighted by Crippen LogP contribution is -2.29. The molecule has 0 unspecified atom stereocenters. The molecule has 0 spiro atoms. The minimum absolute atomic E-state index is 0.819. The largest absolute Gasteiger partial charge is 0.325 e. The first-order chi connectivity index (χ1) is 10.4. The van der Waals surface area contributed by atoms with E-state index in [9.17, 15) is 0 Å². The van der Waals surface area contributed by atoms with E-state index < -0.39 is 0 Å². The predicted octanol–water partition coefficient (Wildman–Crippen LogP) is 3.15. The van der Waals surface area contributed by atoms with Crippen molar-refractivity contribution < 1.29 is 0 Å². The average Bonchev–Trinajstić information content (AvgIpc) is 2.55. The van der Waals surface area contributed by atoms with E-state index >= 15 is 0 Å². The van der Waals surface area contributed by atoms with Crippen LogP contribution in [0.1, 0.15) is 24.8 Å². The minimum Gasteiger partial charge on any atom is -0.325 e. The normalized spacial score (nSPS) is 18.4. The lowest BCUT2D eigenvalue weighted by molar-refractivity contribution is 0.358. The molecule has 0 saturated carbocycles. The van der Waals surface area contributed by atoms with E-state index in [4.69, 9.17) is 0 Å². The van der Waals surface area contributed by atoms with Crippen molar-refractivity contribution in [2.75, 3.05) is 18.4 Å². The number of rotatable bonds is 5. The van der Waals surface area contributed by atoms with Crippen LogP contribution in [0.3, 0.4) is 0 Å². The maximum atomic E-state index is 4.37. The summed E-state index contributed by atoms with van der Waals surface area (Å²) in [5.74, 6) is 2.52. The monoisotopic (exact) mass is 282 g/mol. The van der Waals surface area contributed by atoms with Gasteiger partial charge < -0.3 is 10.6 Å². The molecule has 0 aromatic carbocycles. The number of hydrogen-bond acceptors (Lipinski definition) is 4. The molecule has 110 valence electrons. The molecule has 21 heavy (non-hydrogen) atoms. The number of aryl methyl sites for hydroxylation is 1. The number of nitrogens with one attached hydrogen (secondary N) is 2. The van der Waals surface area contributed by atoms with E-state index in [0.717, 1.165) is 24.0 Å². The van der Waals surface area contributed by atoms with Gasteiger partial charge in [0.2, 0.25) is 0 Å². The van der Waals surface area contributed by atoms with E-state index in [1.165, 1.54) is 37.9 Å². The highest BCUT2D eigenvalue weighted by atomic mass is 15.0. The summed E-state index contributed by atoms with van der Waals surface area (Å²) in [6.45, 7) is 2.36. The Bertz CT molecular complexity index is 550. The Morgan fingerprint density at radius 2 is 2.10 bits per heavy atom. The first-order valence-electron chi connectivity index (χ1n) is 7.74. The molecule has 0 radical (unpaired) electrons. The van der Waals surface area contributed by atoms with Crippen LogP contribution in [0, 0.1) is 5.92 Å². The summed E-state index contributed by atoms with van der Waals surface area (Å²) < 4.78 is 0. The molecule has 1 fully saturated rings. The van der Waals surface area contributed by atoms with Crippen molar-refractivity contribution in [2.24, 2.45) is 5.92 Å². The number of piperidine rings is 1. The van der Waals surface area contributed by atoms with Crippen molar-refractivity contribution in [2.45, 2.75) is 25.7 Å². The van der Waals surface area contributed by atoms with Gasteiger partial charge in [0.15, 0.2) is 0 Å². The van der Waals surface area contributed by atoms with Crippen molar-refractivity contribution in [3.05, 3.63) is 48.3 Å². The van der Waals surface area contributed by atoms with Gasteiger partial charge >= 0.3 is 0 Å². The van der Waals surface area contributed by atoms with Crippen LogP contribution in [0.2, 0.25) is 0 Å². The van der Waals surface area contributed by atoms with Gasteiger partial charge in [-0.1, -0.05) is 6.07 Å². The van der Waals surface area contributed by atoms with Gasteiger partial charge in [-0.2, -0.15) is 0 Å². The maximum absolute atomic E-state index is 4.37. The Balaban J connectivity index is 1.57. The van der Waals surface area contributed by atoms with Crippen LogP contribution < -0.4 is 10.6 Å². The molecular formula is C17H22N4. The van der Waals surface area contributed by atoms with Crippen molar-refractivity contribution >= 4 is 11.6 Å². The SMILES string of the molecule is c1ccc(Nc2cc(CC[C@@H]3CCCNC3)ccn2)nc1. The molecule has 2 N–H and O–H groups in total. The molecule has 1 saturated heterocycles. The molecule has 1 aliphatic rings. The summed E-state index contributed by atoms with van der Waals surface area (Å²) in [6.07, 6.45) is 8.69. The van der Waals surface area contributed by atoms with Crippen LogP contribution in [0.15, 0.2) is 42.7 Å². The van der Waals surface area contributed by atoms with Crippen LogP contribution >= 0.6 is 0 Å². The summed E-state index contributed by atoms with van der Waals surface area (Å²) in [5, 5.41) is 6.73. The topological polar surface area (TPSA) is 49.8 Å². The van der Waals surface area contributed by atoms with Crippen LogP contribution in [-0.4, -0.2) is 23.1 Å². The van der Waals surface area contributed by atoms with Gasteiger partial charge in [-0.3, -0.25) is 0 Å². The Morgan fingerprint density at radius 3 is 2.90 bits per heavy atom. The smallest absolute Gasteiger partial charge is 0.131 e. The molecular weight excluding hydrogens is 260 g/mol. The number of hydrogen-bond donors (Lipinski definition) is 2. The third kappa shape index (κ3) is 4.26. The fourth-order valence-corrected chi connectivity index (χ4v) is 2.81. The van der Waals surface area contributed by atoms with E-state index in [1.54, 1.807) is 6.20 Å². The minimum atomic E-state index is 0.819. The highest BCUT2D eigenvalue weighted by molar-refractivity contribution is 5.51. The Morgan fingerprint density at radius 1 is 1.14 bits per heavy atom. The first-order valence-corrected chi connectivity index (χ1v) is 7.74. The van der Waals surface area contributed by atoms with Crippen LogP contribution in [-0.2, 0) is 6.42 Å². The lowest BCUT2D eigenvalue weighted by atomic mass is 9.93. The van der Waals surface area contributed by atoms with E-state index in [1.807, 2.05) is 24.4 Å². The molecule has 1 aliphatic heterocycles. The fraction of sp³-hybridized carbons (Fsp3) is 0.412. The fourth-order valence-electron chi connectivity index (χ4n) is 2.81. The van der Waals surface area contributed by atoms with E-state index in [0.29, 0.717) is 0 Å². The molecule has 3 heterocycles. The molecule has 0 aliphatic carbocycles. The second-order valence-corrected chi connectivity index (χ2v) is 5.64. The van der Waals surface area contributed by atoms with Crippen LogP contribution in [0.25, 0.3) is 0 Å². The average molecular weight is 282 g/mol. The van der Waals surface area contributed by atoms with Gasteiger partial charge in [-0.15, -0.1) is 0 Å². The molecule has 0 bridgehead atoms. The number of nitrogens with zero attached hydrogens (tertiary/aromatic N) is 2. The Hall–Kier alpha value is -1.94. The van der Waals surface area contributed by atoms with Crippen molar-refractivity contribution in [3.63, 3.8) is 0 Å². The van der Waals surface area contributed by atoms with Crippen LogP contribution in [0.5, 0.6) is 0 Å². The summed E-state index contributed by atoms with van der Waals surface area (Å²) in [5.41, 5.74) is 1.34. The second kappa shape index (κ2) is 7.18. The molecule has 2 aromatic heterocycles. The van der Waals surface area contributed by atoms with Crippen LogP contribution in [0.4, 0.5) is 11.6 Å². The van der Waals surface area contributed by atoms with Crippen molar-refractivity contribution in [1.29, 1.82) is 0 Å². The highest BCUT2D eigenvalue weighted by Gasteiger charge is 2.12. The van der Waals surface area contributed by atoms with Gasteiger partial charge in [-0.25, -0.2) is 9.97 Å². The first kappa shape index (κ1) is 14.0. The Kier molecular flexibility index (Phi) is 4.79. The number of aromatic nitrogens is 2. The third-order valence-electron chi connectivity index (χ3n) is 3.99. The van der Waals surface area contributed by atoms with Gasteiger partial charge in [0.25, 0.3) is 0 Å². The summed E-state index contributed by atoms with van der Waals surface area (Å²) in [6, 6.07) is 10.1. The summed E-state index contributed by atoms with van der Waals surface area (Å²) in [7, 11) is 0. The molecule has 1 atom stereocenters. The molecule has 3 rings (SSSR count). The predicted molar refractivity (Wildman–Crippen MR) is 85.7 cm³/mol. The summed E-state index contributed by atoms with van der Waals surface area (Å²) in [4.78, 5) is 8.63. The van der Waals surface area contributed by atoms with E-state index in [-0.39, 0.29) is 0 Å². The summed E-state index contributed by atoms with van der Waals surface area (Å²) >= 11 is 0. The van der Waals surface area contributed by atoms with Gasteiger partial charge in [0.05, 0.1) is 0 Å². The number of anilines is 2. The third-order valence-corrected chi connectivity index (χ3v) is 3.99. The quantitative estimate of drug-likeness (QED) is 0.884. The standard InChI is InChI=1S/C17H22N4/c1-2-10-19-16(5-1)21-17-12-14(8-11-20-17)6-7-15-4-3-9-18-13-15/h1-2,5,8,10-12,15,18H,3-4,6-7,9,13H2,(H,19,20,21)/t15-/m0/s1. The number of pyridine rings is 2. The Labute approximate surface area is 126 Å². The maximum Gasteiger partial charge on any atom is 0.131 e. The zero-order valence-corrected chi connectivity index (χ0v) is 12.3. The van der Waals surface area contributed by atoms with Gasteiger partial charge in [0.1, 0.15) is 11.6 Å². The molecule has 4 heteroatoms. The molecule has 0 amide bonds. The zero-order chi connectivity index (χ0) is 14.3. The van der Waals surface area contributed by atoms with Gasteiger partial charge in [0, 0.05) is 12.4 Å². The van der Waals surface area contributed by atoms with E-state index in [2.05, 4.69) is 32.7 Å².